The van der Waals surface area contributed by atoms with E-state index in [1.165, 1.54) is 12.7 Å². The molecule has 1 aromatic rings. The van der Waals surface area contributed by atoms with E-state index in [4.69, 9.17) is 4.74 Å². The van der Waals surface area contributed by atoms with Gasteiger partial charge in [-0.2, -0.15) is 16.9 Å². The second-order valence-electron chi connectivity index (χ2n) is 4.27. The summed E-state index contributed by atoms with van der Waals surface area (Å²) in [6.45, 7) is 4.22. The molecular weight excluding hydrogens is 250 g/mol. The van der Waals surface area contributed by atoms with E-state index in [9.17, 15) is 4.79 Å². The van der Waals surface area contributed by atoms with Crippen molar-refractivity contribution in [3.63, 3.8) is 0 Å². The monoisotopic (exact) mass is 269 g/mol. The van der Waals surface area contributed by atoms with Crippen molar-refractivity contribution in [2.75, 3.05) is 31.7 Å². The van der Waals surface area contributed by atoms with Gasteiger partial charge in [0.05, 0.1) is 19.9 Å². The van der Waals surface area contributed by atoms with Crippen LogP contribution in [0.25, 0.3) is 0 Å². The third-order valence-electron chi connectivity index (χ3n) is 3.16. The molecule has 0 aliphatic carbocycles. The highest BCUT2D eigenvalue weighted by atomic mass is 32.2. The lowest BCUT2D eigenvalue weighted by Gasteiger charge is -2.33. The molecule has 0 unspecified atom stereocenters. The maximum absolute atomic E-state index is 11.4. The molecular formula is C12H19N3O2S. The van der Waals surface area contributed by atoms with Gasteiger partial charge in [-0.25, -0.2) is 0 Å². The summed E-state index contributed by atoms with van der Waals surface area (Å²) >= 11 is 1.92. The molecule has 1 fully saturated rings. The molecule has 1 saturated heterocycles. The quantitative estimate of drug-likeness (QED) is 0.768. The van der Waals surface area contributed by atoms with Crippen molar-refractivity contribution < 1.29 is 9.53 Å². The van der Waals surface area contributed by atoms with Crippen LogP contribution in [0.3, 0.4) is 0 Å². The van der Waals surface area contributed by atoms with Crippen LogP contribution in [0.15, 0.2) is 12.4 Å². The molecule has 0 N–H and O–H groups in total. The van der Waals surface area contributed by atoms with Crippen molar-refractivity contribution in [1.82, 2.24) is 14.7 Å². The molecule has 0 radical (unpaired) electrons. The van der Waals surface area contributed by atoms with E-state index < -0.39 is 0 Å². The van der Waals surface area contributed by atoms with Gasteiger partial charge in [0.1, 0.15) is 0 Å². The molecule has 1 atom stereocenters. The third kappa shape index (κ3) is 3.05. The summed E-state index contributed by atoms with van der Waals surface area (Å²) in [6, 6.07) is 0.267. The van der Waals surface area contributed by atoms with E-state index >= 15 is 0 Å². The number of hydrogen-bond donors (Lipinski definition) is 0. The maximum atomic E-state index is 11.4. The highest BCUT2D eigenvalue weighted by Crippen LogP contribution is 2.28. The predicted molar refractivity (Wildman–Crippen MR) is 71.6 cm³/mol. The number of thioether (sulfide) groups is 1. The minimum absolute atomic E-state index is 0.171. The number of esters is 1. The van der Waals surface area contributed by atoms with Gasteiger partial charge in [-0.15, -0.1) is 0 Å². The molecule has 0 spiro atoms. The zero-order chi connectivity index (χ0) is 13.0. The number of aryl methyl sites for hydroxylation is 1. The van der Waals surface area contributed by atoms with E-state index in [1.807, 2.05) is 22.6 Å². The molecule has 0 saturated carbocycles. The summed E-state index contributed by atoms with van der Waals surface area (Å²) in [7, 11) is 1.44. The number of carbonyl (C=O) groups is 1. The van der Waals surface area contributed by atoms with Crippen LogP contribution >= 0.6 is 11.8 Å². The smallest absolute Gasteiger partial charge is 0.319 e. The molecule has 6 heteroatoms. The first-order valence-electron chi connectivity index (χ1n) is 6.15. The minimum Gasteiger partial charge on any atom is -0.468 e. The van der Waals surface area contributed by atoms with Crippen molar-refractivity contribution in [1.29, 1.82) is 0 Å². The number of hydrogen-bond acceptors (Lipinski definition) is 5. The maximum Gasteiger partial charge on any atom is 0.319 e. The van der Waals surface area contributed by atoms with Crippen molar-refractivity contribution in [2.24, 2.45) is 0 Å². The average Bonchev–Trinajstić information content (AvgIpc) is 2.88. The Morgan fingerprint density at radius 1 is 1.67 bits per heavy atom. The molecule has 2 heterocycles. The summed E-state index contributed by atoms with van der Waals surface area (Å²) in [6.07, 6.45) is 3.98. The van der Waals surface area contributed by atoms with Crippen molar-refractivity contribution in [3.8, 4) is 0 Å². The largest absolute Gasteiger partial charge is 0.468 e. The first kappa shape index (κ1) is 13.4. The van der Waals surface area contributed by atoms with E-state index in [2.05, 4.69) is 23.1 Å². The van der Waals surface area contributed by atoms with E-state index in [0.717, 1.165) is 24.6 Å². The Balaban J connectivity index is 2.09. The molecule has 18 heavy (non-hydrogen) atoms. The number of carbonyl (C=O) groups excluding carboxylic acids is 1. The van der Waals surface area contributed by atoms with Gasteiger partial charge in [0.2, 0.25) is 0 Å². The van der Waals surface area contributed by atoms with Crippen molar-refractivity contribution in [2.45, 2.75) is 19.5 Å². The predicted octanol–water partition coefficient (Wildman–Crippen LogP) is 1.17. The lowest BCUT2D eigenvalue weighted by Crippen LogP contribution is -2.39. The van der Waals surface area contributed by atoms with Gasteiger partial charge in [-0.1, -0.05) is 0 Å². The van der Waals surface area contributed by atoms with Gasteiger partial charge in [0.15, 0.2) is 0 Å². The van der Waals surface area contributed by atoms with Crippen LogP contribution in [0.4, 0.5) is 0 Å². The Morgan fingerprint density at radius 3 is 3.17 bits per heavy atom. The lowest BCUT2D eigenvalue weighted by molar-refractivity contribution is -0.142. The van der Waals surface area contributed by atoms with Gasteiger partial charge in [-0.05, 0) is 6.92 Å². The molecule has 0 bridgehead atoms. The van der Waals surface area contributed by atoms with Gasteiger partial charge >= 0.3 is 5.97 Å². The SMILES string of the molecule is CCn1cc([C@@H]2CSCCN2CC(=O)OC)cn1. The number of methoxy groups -OCH3 is 1. The molecule has 2 rings (SSSR count). The zero-order valence-corrected chi connectivity index (χ0v) is 11.7. The third-order valence-corrected chi connectivity index (χ3v) is 4.18. The Bertz CT molecular complexity index is 408. The number of ether oxygens (including phenoxy) is 1. The Labute approximate surface area is 111 Å². The molecule has 1 aliphatic rings. The van der Waals surface area contributed by atoms with E-state index in [1.54, 1.807) is 0 Å². The van der Waals surface area contributed by atoms with Gasteiger partial charge in [-0.3, -0.25) is 14.4 Å². The van der Waals surface area contributed by atoms with Gasteiger partial charge in [0.25, 0.3) is 0 Å². The van der Waals surface area contributed by atoms with Gasteiger partial charge in [0, 0.05) is 42.4 Å². The number of nitrogens with zero attached hydrogens (tertiary/aromatic N) is 3. The molecule has 1 aromatic heterocycles. The van der Waals surface area contributed by atoms with Gasteiger partial charge < -0.3 is 4.74 Å². The number of rotatable bonds is 4. The topological polar surface area (TPSA) is 47.4 Å². The first-order chi connectivity index (χ1) is 8.74. The highest BCUT2D eigenvalue weighted by molar-refractivity contribution is 7.99. The van der Waals surface area contributed by atoms with Crippen LogP contribution in [0, 0.1) is 0 Å². The molecule has 0 aromatic carbocycles. The fourth-order valence-electron chi connectivity index (χ4n) is 2.09. The molecule has 100 valence electrons. The van der Waals surface area contributed by atoms with E-state index in [0.29, 0.717) is 6.54 Å². The summed E-state index contributed by atoms with van der Waals surface area (Å²) in [5, 5.41) is 4.31. The Hall–Kier alpha value is -1.01. The molecule has 5 nitrogen and oxygen atoms in total. The van der Waals surface area contributed by atoms with Crippen LogP contribution < -0.4 is 0 Å². The summed E-state index contributed by atoms with van der Waals surface area (Å²) < 4.78 is 6.68. The molecule has 1 aliphatic heterocycles. The minimum atomic E-state index is -0.171. The van der Waals surface area contributed by atoms with E-state index in [-0.39, 0.29) is 12.0 Å². The van der Waals surface area contributed by atoms with Crippen LogP contribution in [0.5, 0.6) is 0 Å². The first-order valence-corrected chi connectivity index (χ1v) is 7.31. The summed E-state index contributed by atoms with van der Waals surface area (Å²) in [5.41, 5.74) is 1.19. The van der Waals surface area contributed by atoms with Crippen molar-refractivity contribution >= 4 is 17.7 Å². The van der Waals surface area contributed by atoms with Crippen LogP contribution in [-0.2, 0) is 16.1 Å². The fourth-order valence-corrected chi connectivity index (χ4v) is 3.25. The zero-order valence-electron chi connectivity index (χ0n) is 10.8. The standard InChI is InChI=1S/C12H19N3O2S/c1-3-15-7-10(6-13-15)11-9-18-5-4-14(11)8-12(16)17-2/h6-7,11H,3-5,8-9H2,1-2H3/t11-/m0/s1. The van der Waals surface area contributed by atoms with Crippen LogP contribution in [-0.4, -0.2) is 52.4 Å². The normalized spacial score (nSPS) is 20.9. The van der Waals surface area contributed by atoms with Crippen LogP contribution in [0.2, 0.25) is 0 Å². The van der Waals surface area contributed by atoms with Crippen molar-refractivity contribution in [3.05, 3.63) is 18.0 Å². The Morgan fingerprint density at radius 2 is 2.50 bits per heavy atom. The molecule has 0 amide bonds. The lowest BCUT2D eigenvalue weighted by atomic mass is 10.1. The Kier molecular flexibility index (Phi) is 4.66. The number of aromatic nitrogens is 2. The average molecular weight is 269 g/mol. The summed E-state index contributed by atoms with van der Waals surface area (Å²) in [4.78, 5) is 13.6. The second-order valence-corrected chi connectivity index (χ2v) is 5.42. The summed E-state index contributed by atoms with van der Waals surface area (Å²) in [5.74, 6) is 1.90. The fraction of sp³-hybridized carbons (Fsp3) is 0.667. The highest BCUT2D eigenvalue weighted by Gasteiger charge is 2.27. The van der Waals surface area contributed by atoms with Crippen LogP contribution in [0.1, 0.15) is 18.5 Å². The second kappa shape index (κ2) is 6.24.